The molecule has 1 aliphatic rings. The number of aryl methyl sites for hydroxylation is 2. The predicted octanol–water partition coefficient (Wildman–Crippen LogP) is 0.911. The average molecular weight is 205 g/mol. The van der Waals surface area contributed by atoms with Gasteiger partial charge in [-0.3, -0.25) is 9.78 Å². The van der Waals surface area contributed by atoms with Crippen LogP contribution >= 0.6 is 0 Å². The molecular weight excluding hydrogens is 194 g/mol. The van der Waals surface area contributed by atoms with Gasteiger partial charge in [0, 0.05) is 17.0 Å². The zero-order chi connectivity index (χ0) is 11.2. The number of Topliss-reactive ketones (excluding diaryl/α,β-unsaturated/α-hetero) is 1. The second-order valence-corrected chi connectivity index (χ2v) is 3.67. The molecule has 4 heteroatoms. The summed E-state index contributed by atoms with van der Waals surface area (Å²) < 4.78 is 0. The molecule has 2 N–H and O–H groups in total. The summed E-state index contributed by atoms with van der Waals surface area (Å²) in [5.74, 6) is -0.954. The monoisotopic (exact) mass is 205 g/mol. The van der Waals surface area contributed by atoms with Gasteiger partial charge >= 0.3 is 0 Å². The Morgan fingerprint density at radius 3 is 2.27 bits per heavy atom. The van der Waals surface area contributed by atoms with Crippen molar-refractivity contribution in [2.24, 2.45) is 0 Å². The number of aliphatic hydroxyl groups excluding tert-OH is 2. The first-order valence-corrected chi connectivity index (χ1v) is 4.62. The van der Waals surface area contributed by atoms with Gasteiger partial charge in [0.25, 0.3) is 0 Å². The minimum absolute atomic E-state index is 0.300. The summed E-state index contributed by atoms with van der Waals surface area (Å²) >= 11 is 0. The second-order valence-electron chi connectivity index (χ2n) is 3.67. The largest absolute Gasteiger partial charge is 0.504 e. The van der Waals surface area contributed by atoms with Gasteiger partial charge in [-0.15, -0.1) is 0 Å². The van der Waals surface area contributed by atoms with Crippen LogP contribution < -0.4 is 0 Å². The van der Waals surface area contributed by atoms with Gasteiger partial charge in [-0.05, 0) is 31.5 Å². The molecule has 0 bridgehead atoms. The first kappa shape index (κ1) is 9.86. The van der Waals surface area contributed by atoms with Crippen LogP contribution in [0.3, 0.4) is 0 Å². The SMILES string of the molecule is Cc1cc(C2=C(O)C(=O)C2O)cc(C)n1. The molecule has 4 nitrogen and oxygen atoms in total. The molecule has 1 heterocycles. The van der Waals surface area contributed by atoms with Crippen molar-refractivity contribution in [2.45, 2.75) is 20.0 Å². The predicted molar refractivity (Wildman–Crippen MR) is 54.3 cm³/mol. The summed E-state index contributed by atoms with van der Waals surface area (Å²) in [5.41, 5.74) is 2.53. The summed E-state index contributed by atoms with van der Waals surface area (Å²) in [5, 5.41) is 18.7. The van der Waals surface area contributed by atoms with E-state index in [9.17, 15) is 15.0 Å². The number of pyridine rings is 1. The lowest BCUT2D eigenvalue weighted by molar-refractivity contribution is -0.125. The van der Waals surface area contributed by atoms with Gasteiger partial charge < -0.3 is 10.2 Å². The molecule has 2 rings (SSSR count). The quantitative estimate of drug-likeness (QED) is 0.715. The highest BCUT2D eigenvalue weighted by Gasteiger charge is 2.38. The molecule has 0 saturated carbocycles. The van der Waals surface area contributed by atoms with Crippen molar-refractivity contribution in [1.29, 1.82) is 0 Å². The van der Waals surface area contributed by atoms with Gasteiger partial charge in [0.2, 0.25) is 5.78 Å². The van der Waals surface area contributed by atoms with Crippen molar-refractivity contribution in [3.05, 3.63) is 34.8 Å². The van der Waals surface area contributed by atoms with Crippen LogP contribution in [0.5, 0.6) is 0 Å². The highest BCUT2D eigenvalue weighted by atomic mass is 16.3. The molecule has 1 unspecified atom stereocenters. The maximum absolute atomic E-state index is 10.9. The molecule has 0 saturated heterocycles. The zero-order valence-corrected chi connectivity index (χ0v) is 8.48. The van der Waals surface area contributed by atoms with Crippen molar-refractivity contribution in [3.63, 3.8) is 0 Å². The topological polar surface area (TPSA) is 70.4 Å². The zero-order valence-electron chi connectivity index (χ0n) is 8.48. The van der Waals surface area contributed by atoms with E-state index < -0.39 is 11.9 Å². The molecule has 0 amide bonds. The summed E-state index contributed by atoms with van der Waals surface area (Å²) in [6, 6.07) is 3.46. The summed E-state index contributed by atoms with van der Waals surface area (Å²) in [7, 11) is 0. The Balaban J connectivity index is 2.52. The van der Waals surface area contributed by atoms with Gasteiger partial charge in [-0.2, -0.15) is 0 Å². The van der Waals surface area contributed by atoms with Crippen LogP contribution in [0.1, 0.15) is 17.0 Å². The number of ketones is 1. The van der Waals surface area contributed by atoms with Crippen LogP contribution in [0.2, 0.25) is 0 Å². The van der Waals surface area contributed by atoms with E-state index in [0.717, 1.165) is 11.4 Å². The number of aromatic nitrogens is 1. The fourth-order valence-electron chi connectivity index (χ4n) is 1.73. The molecule has 15 heavy (non-hydrogen) atoms. The maximum atomic E-state index is 10.9. The van der Waals surface area contributed by atoms with E-state index in [-0.39, 0.29) is 5.76 Å². The Bertz CT molecular complexity index is 456. The minimum atomic E-state index is -1.19. The van der Waals surface area contributed by atoms with E-state index in [4.69, 9.17) is 0 Å². The van der Waals surface area contributed by atoms with Crippen LogP contribution in [0, 0.1) is 13.8 Å². The molecule has 0 aromatic carbocycles. The molecule has 1 aromatic heterocycles. The van der Waals surface area contributed by atoms with Gasteiger partial charge in [0.1, 0.15) is 6.10 Å². The number of carbonyl (C=O) groups excluding carboxylic acids is 1. The maximum Gasteiger partial charge on any atom is 0.230 e. The van der Waals surface area contributed by atoms with E-state index in [1.165, 1.54) is 0 Å². The molecule has 0 spiro atoms. The number of aliphatic hydroxyl groups is 2. The van der Waals surface area contributed by atoms with Crippen molar-refractivity contribution in [2.75, 3.05) is 0 Å². The average Bonchev–Trinajstić information content (AvgIpc) is 2.16. The highest BCUT2D eigenvalue weighted by Crippen LogP contribution is 2.32. The van der Waals surface area contributed by atoms with Crippen molar-refractivity contribution >= 4 is 11.4 Å². The van der Waals surface area contributed by atoms with Crippen molar-refractivity contribution in [3.8, 4) is 0 Å². The fourth-order valence-corrected chi connectivity index (χ4v) is 1.73. The lowest BCUT2D eigenvalue weighted by Crippen LogP contribution is -2.35. The molecule has 0 radical (unpaired) electrons. The first-order chi connectivity index (χ1) is 7.00. The van der Waals surface area contributed by atoms with Gasteiger partial charge in [-0.25, -0.2) is 0 Å². The fraction of sp³-hybridized carbons (Fsp3) is 0.273. The van der Waals surface area contributed by atoms with Crippen molar-refractivity contribution in [1.82, 2.24) is 4.98 Å². The Morgan fingerprint density at radius 1 is 1.27 bits per heavy atom. The molecule has 1 atom stereocenters. The van der Waals surface area contributed by atoms with E-state index in [2.05, 4.69) is 4.98 Å². The third kappa shape index (κ3) is 1.43. The number of nitrogens with zero attached hydrogens (tertiary/aromatic N) is 1. The van der Waals surface area contributed by atoms with Crippen LogP contribution in [-0.2, 0) is 4.79 Å². The Labute approximate surface area is 86.9 Å². The molecule has 1 aliphatic carbocycles. The number of rotatable bonds is 1. The summed E-state index contributed by atoms with van der Waals surface area (Å²) in [4.78, 5) is 15.1. The summed E-state index contributed by atoms with van der Waals surface area (Å²) in [6.07, 6.45) is -1.19. The first-order valence-electron chi connectivity index (χ1n) is 4.62. The van der Waals surface area contributed by atoms with Crippen LogP contribution in [0.4, 0.5) is 0 Å². The lowest BCUT2D eigenvalue weighted by atomic mass is 9.85. The second kappa shape index (κ2) is 3.17. The van der Waals surface area contributed by atoms with E-state index in [0.29, 0.717) is 11.1 Å². The smallest absolute Gasteiger partial charge is 0.230 e. The van der Waals surface area contributed by atoms with E-state index in [1.54, 1.807) is 12.1 Å². The Morgan fingerprint density at radius 2 is 1.80 bits per heavy atom. The molecular formula is C11H11NO3. The molecule has 78 valence electrons. The van der Waals surface area contributed by atoms with Gasteiger partial charge in [0.05, 0.1) is 0 Å². The van der Waals surface area contributed by atoms with Gasteiger partial charge in [-0.1, -0.05) is 0 Å². The minimum Gasteiger partial charge on any atom is -0.504 e. The van der Waals surface area contributed by atoms with Crippen LogP contribution in [-0.4, -0.2) is 27.1 Å². The molecule has 1 aromatic rings. The third-order valence-electron chi connectivity index (χ3n) is 2.40. The van der Waals surface area contributed by atoms with Gasteiger partial charge in [0.15, 0.2) is 5.76 Å². The van der Waals surface area contributed by atoms with Crippen LogP contribution in [0.25, 0.3) is 5.57 Å². The normalized spacial score (nSPS) is 20.5. The number of hydrogen-bond acceptors (Lipinski definition) is 4. The van der Waals surface area contributed by atoms with Crippen LogP contribution in [0.15, 0.2) is 17.9 Å². The van der Waals surface area contributed by atoms with Crippen molar-refractivity contribution < 1.29 is 15.0 Å². The third-order valence-corrected chi connectivity index (χ3v) is 2.40. The van der Waals surface area contributed by atoms with E-state index >= 15 is 0 Å². The van der Waals surface area contributed by atoms with E-state index in [1.807, 2.05) is 13.8 Å². The molecule has 0 aliphatic heterocycles. The Kier molecular flexibility index (Phi) is 2.08. The molecule has 0 fully saturated rings. The summed E-state index contributed by atoms with van der Waals surface area (Å²) in [6.45, 7) is 3.64. The standard InChI is InChI=1S/C11H11NO3/c1-5-3-7(4-6(2)12-5)8-9(13)11(15)10(8)14/h3-4,9,13-14H,1-2H3. The number of carbonyl (C=O) groups is 1. The number of hydrogen-bond donors (Lipinski definition) is 2. The Hall–Kier alpha value is -1.68. The highest BCUT2D eigenvalue weighted by molar-refractivity contribution is 6.19. The lowest BCUT2D eigenvalue weighted by Gasteiger charge is -2.24.